The maximum atomic E-state index is 12.4. The molecular formula is C22H22N2O3. The molecule has 0 spiro atoms. The Morgan fingerprint density at radius 1 is 1.00 bits per heavy atom. The number of anilines is 1. The SMILES string of the molecule is CCC(=O)N(C)c1ccc(-c2ccc(C(=O)Cc3cc(C)no3)cc2)cc1. The second kappa shape index (κ2) is 7.99. The zero-order valence-corrected chi connectivity index (χ0v) is 15.7. The van der Waals surface area contributed by atoms with Gasteiger partial charge in [0.05, 0.1) is 12.1 Å². The average Bonchev–Trinajstić information content (AvgIpc) is 3.11. The molecule has 0 aliphatic heterocycles. The number of carbonyl (C=O) groups is 2. The molecule has 27 heavy (non-hydrogen) atoms. The summed E-state index contributed by atoms with van der Waals surface area (Å²) in [5.74, 6) is 0.642. The number of nitrogens with zero attached hydrogens (tertiary/aromatic N) is 2. The molecule has 2 aromatic carbocycles. The van der Waals surface area contributed by atoms with Crippen LogP contribution in [0.5, 0.6) is 0 Å². The summed E-state index contributed by atoms with van der Waals surface area (Å²) in [6.07, 6.45) is 0.675. The zero-order chi connectivity index (χ0) is 19.4. The standard InChI is InChI=1S/C22H22N2O3/c1-4-22(26)24(3)19-11-9-17(10-12-19)16-5-7-18(8-6-16)21(25)14-20-13-15(2)23-27-20/h5-13H,4,14H2,1-3H3. The van der Waals surface area contributed by atoms with Gasteiger partial charge >= 0.3 is 0 Å². The topological polar surface area (TPSA) is 63.4 Å². The van der Waals surface area contributed by atoms with E-state index >= 15 is 0 Å². The molecule has 0 atom stereocenters. The third-order valence-electron chi connectivity index (χ3n) is 4.48. The Kier molecular flexibility index (Phi) is 5.50. The Hall–Kier alpha value is -3.21. The number of hydrogen-bond acceptors (Lipinski definition) is 4. The second-order valence-electron chi connectivity index (χ2n) is 6.47. The van der Waals surface area contributed by atoms with E-state index in [0.29, 0.717) is 17.7 Å². The molecule has 0 radical (unpaired) electrons. The van der Waals surface area contributed by atoms with E-state index in [2.05, 4.69) is 5.16 Å². The van der Waals surface area contributed by atoms with Gasteiger partial charge in [-0.2, -0.15) is 0 Å². The van der Waals surface area contributed by atoms with Crippen molar-refractivity contribution in [2.75, 3.05) is 11.9 Å². The number of carbonyl (C=O) groups excluding carboxylic acids is 2. The molecule has 0 aliphatic rings. The van der Waals surface area contributed by atoms with Gasteiger partial charge in [-0.1, -0.05) is 48.5 Å². The highest BCUT2D eigenvalue weighted by atomic mass is 16.5. The lowest BCUT2D eigenvalue weighted by atomic mass is 10.0. The smallest absolute Gasteiger partial charge is 0.226 e. The van der Waals surface area contributed by atoms with Crippen molar-refractivity contribution in [2.45, 2.75) is 26.7 Å². The number of hydrogen-bond donors (Lipinski definition) is 0. The largest absolute Gasteiger partial charge is 0.361 e. The summed E-state index contributed by atoms with van der Waals surface area (Å²) in [5.41, 5.74) is 4.30. The van der Waals surface area contributed by atoms with Gasteiger partial charge in [0.1, 0.15) is 5.76 Å². The van der Waals surface area contributed by atoms with Gasteiger partial charge in [-0.3, -0.25) is 9.59 Å². The molecule has 0 N–H and O–H groups in total. The van der Waals surface area contributed by atoms with E-state index < -0.39 is 0 Å². The van der Waals surface area contributed by atoms with Gasteiger partial charge < -0.3 is 9.42 Å². The van der Waals surface area contributed by atoms with Crippen molar-refractivity contribution in [1.82, 2.24) is 5.16 Å². The molecule has 0 fully saturated rings. The predicted molar refractivity (Wildman–Crippen MR) is 105 cm³/mol. The van der Waals surface area contributed by atoms with Gasteiger partial charge in [-0.15, -0.1) is 0 Å². The number of benzene rings is 2. The average molecular weight is 362 g/mol. The summed E-state index contributed by atoms with van der Waals surface area (Å²) in [5, 5.41) is 3.80. The van der Waals surface area contributed by atoms with Crippen LogP contribution in [0.15, 0.2) is 59.1 Å². The summed E-state index contributed by atoms with van der Waals surface area (Å²) < 4.78 is 5.11. The van der Waals surface area contributed by atoms with Crippen molar-refractivity contribution in [2.24, 2.45) is 0 Å². The third kappa shape index (κ3) is 4.31. The molecule has 1 amide bonds. The Balaban J connectivity index is 1.71. The summed E-state index contributed by atoms with van der Waals surface area (Å²) in [6.45, 7) is 3.67. The van der Waals surface area contributed by atoms with Crippen LogP contribution in [0.2, 0.25) is 0 Å². The molecule has 5 nitrogen and oxygen atoms in total. The molecule has 5 heteroatoms. The van der Waals surface area contributed by atoms with Crippen LogP contribution in [0.1, 0.15) is 35.2 Å². The van der Waals surface area contributed by atoms with E-state index in [9.17, 15) is 9.59 Å². The van der Waals surface area contributed by atoms with Gasteiger partial charge in [0.15, 0.2) is 5.78 Å². The fraction of sp³-hybridized carbons (Fsp3) is 0.227. The van der Waals surface area contributed by atoms with Crippen molar-refractivity contribution in [3.05, 3.63) is 71.6 Å². The van der Waals surface area contributed by atoms with Crippen molar-refractivity contribution in [3.63, 3.8) is 0 Å². The molecule has 0 bridgehead atoms. The van der Waals surface area contributed by atoms with E-state index in [1.54, 1.807) is 18.0 Å². The third-order valence-corrected chi connectivity index (χ3v) is 4.48. The maximum Gasteiger partial charge on any atom is 0.226 e. The first-order chi connectivity index (χ1) is 13.0. The summed E-state index contributed by atoms with van der Waals surface area (Å²) in [6, 6.07) is 17.1. The molecular weight excluding hydrogens is 340 g/mol. The van der Waals surface area contributed by atoms with Crippen molar-refractivity contribution < 1.29 is 14.1 Å². The lowest BCUT2D eigenvalue weighted by Gasteiger charge is -2.16. The molecule has 3 rings (SSSR count). The minimum Gasteiger partial charge on any atom is -0.361 e. The highest BCUT2D eigenvalue weighted by Gasteiger charge is 2.12. The minimum atomic E-state index is -0.00671. The summed E-state index contributed by atoms with van der Waals surface area (Å²) >= 11 is 0. The van der Waals surface area contributed by atoms with Gasteiger partial charge in [-0.05, 0) is 30.2 Å². The zero-order valence-electron chi connectivity index (χ0n) is 15.7. The molecule has 1 aromatic heterocycles. The fourth-order valence-electron chi connectivity index (χ4n) is 2.87. The number of ketones is 1. The van der Waals surface area contributed by atoms with Gasteiger partial charge in [-0.25, -0.2) is 0 Å². The lowest BCUT2D eigenvalue weighted by Crippen LogP contribution is -2.24. The Morgan fingerprint density at radius 2 is 1.59 bits per heavy atom. The van der Waals surface area contributed by atoms with Crippen molar-refractivity contribution in [3.8, 4) is 11.1 Å². The number of rotatable bonds is 6. The monoisotopic (exact) mass is 362 g/mol. The predicted octanol–water partition coefficient (Wildman–Crippen LogP) is 4.45. The molecule has 0 saturated heterocycles. The Labute approximate surface area is 158 Å². The van der Waals surface area contributed by atoms with Crippen LogP contribution in [0.4, 0.5) is 5.69 Å². The molecule has 0 saturated carbocycles. The number of Topliss-reactive ketones (excluding diaryl/α,β-unsaturated/α-hetero) is 1. The highest BCUT2D eigenvalue weighted by Crippen LogP contribution is 2.24. The highest BCUT2D eigenvalue weighted by molar-refractivity contribution is 5.97. The van der Waals surface area contributed by atoms with E-state index in [0.717, 1.165) is 22.5 Å². The van der Waals surface area contributed by atoms with Crippen LogP contribution in [-0.2, 0) is 11.2 Å². The Morgan fingerprint density at radius 3 is 2.11 bits per heavy atom. The van der Waals surface area contributed by atoms with Crippen LogP contribution < -0.4 is 4.90 Å². The number of aryl methyl sites for hydroxylation is 1. The van der Waals surface area contributed by atoms with Crippen LogP contribution in [0.3, 0.4) is 0 Å². The maximum absolute atomic E-state index is 12.4. The van der Waals surface area contributed by atoms with Crippen LogP contribution in [-0.4, -0.2) is 23.9 Å². The van der Waals surface area contributed by atoms with E-state index in [1.165, 1.54) is 0 Å². The van der Waals surface area contributed by atoms with Crippen molar-refractivity contribution in [1.29, 1.82) is 0 Å². The number of amides is 1. The number of aromatic nitrogens is 1. The first-order valence-corrected chi connectivity index (χ1v) is 8.90. The lowest BCUT2D eigenvalue weighted by molar-refractivity contribution is -0.118. The van der Waals surface area contributed by atoms with Crippen LogP contribution in [0.25, 0.3) is 11.1 Å². The Bertz CT molecular complexity index is 940. The molecule has 138 valence electrons. The van der Waals surface area contributed by atoms with E-state index in [1.807, 2.05) is 62.4 Å². The van der Waals surface area contributed by atoms with E-state index in [4.69, 9.17) is 4.52 Å². The van der Waals surface area contributed by atoms with Crippen LogP contribution >= 0.6 is 0 Å². The van der Waals surface area contributed by atoms with Crippen molar-refractivity contribution >= 4 is 17.4 Å². The van der Waals surface area contributed by atoms with E-state index in [-0.39, 0.29) is 18.1 Å². The van der Waals surface area contributed by atoms with Crippen LogP contribution in [0, 0.1) is 6.92 Å². The summed E-state index contributed by atoms with van der Waals surface area (Å²) in [7, 11) is 1.78. The fourth-order valence-corrected chi connectivity index (χ4v) is 2.87. The first-order valence-electron chi connectivity index (χ1n) is 8.90. The van der Waals surface area contributed by atoms with Gasteiger partial charge in [0.25, 0.3) is 0 Å². The molecule has 1 heterocycles. The van der Waals surface area contributed by atoms with Gasteiger partial charge in [0.2, 0.25) is 5.91 Å². The van der Waals surface area contributed by atoms with Gasteiger partial charge in [0, 0.05) is 30.8 Å². The molecule has 0 aliphatic carbocycles. The quantitative estimate of drug-likeness (QED) is 0.608. The second-order valence-corrected chi connectivity index (χ2v) is 6.47. The minimum absolute atomic E-state index is 0.00671. The molecule has 3 aromatic rings. The first kappa shape index (κ1) is 18.6. The molecule has 0 unspecified atom stereocenters. The normalized spacial score (nSPS) is 10.6. The summed E-state index contributed by atoms with van der Waals surface area (Å²) in [4.78, 5) is 25.8.